The molecule has 0 amide bonds. The van der Waals surface area contributed by atoms with Crippen LogP contribution in [0.15, 0.2) is 103 Å². The number of rotatable bonds is 15. The van der Waals surface area contributed by atoms with E-state index in [0.717, 1.165) is 72.9 Å². The minimum atomic E-state index is 0.0417. The number of hydrogen-bond donors (Lipinski definition) is 0. The van der Waals surface area contributed by atoms with Crippen LogP contribution in [0.2, 0.25) is 0 Å². The van der Waals surface area contributed by atoms with E-state index in [9.17, 15) is 9.59 Å². The van der Waals surface area contributed by atoms with Crippen LogP contribution in [0.25, 0.3) is 12.2 Å². The van der Waals surface area contributed by atoms with Crippen LogP contribution in [0.1, 0.15) is 80.8 Å². The van der Waals surface area contributed by atoms with E-state index in [1.54, 1.807) is 7.11 Å². The van der Waals surface area contributed by atoms with Gasteiger partial charge in [0, 0.05) is 30.6 Å². The lowest BCUT2D eigenvalue weighted by Crippen LogP contribution is -2.15. The van der Waals surface area contributed by atoms with E-state index in [0.29, 0.717) is 24.3 Å². The van der Waals surface area contributed by atoms with Crippen molar-refractivity contribution < 1.29 is 19.1 Å². The number of carbonyl (C=O) groups excluding carboxylic acids is 2. The molecule has 4 rings (SSSR count). The Balaban J connectivity index is 0.000000838. The fraction of sp³-hybridized carbons (Fsp3) is 0.300. The standard InChI is InChI=1S/C35H35NO3.C5H12O/c37-25-11-3-1-2-4-12-26-39-35-27-30(19-22-31(35)28-38)18-17-29-20-23-34(24-21-29)36(32-13-7-5-8-14-32)33-15-9-6-10-16-33;1-5(2,3)6-4/h5-10,13-25,27-28H,1-4,11-12,26H2;1-4H3/b18-17+;. The summed E-state index contributed by atoms with van der Waals surface area (Å²) >= 11 is 0. The first kappa shape index (κ1) is 35.0. The predicted octanol–water partition coefficient (Wildman–Crippen LogP) is 10.5. The Labute approximate surface area is 269 Å². The first-order valence-corrected chi connectivity index (χ1v) is 15.7. The summed E-state index contributed by atoms with van der Waals surface area (Å²) < 4.78 is 10.9. The summed E-state index contributed by atoms with van der Waals surface area (Å²) in [5, 5.41) is 0. The molecule has 0 saturated carbocycles. The summed E-state index contributed by atoms with van der Waals surface area (Å²) in [7, 11) is 1.71. The molecule has 0 bridgehead atoms. The summed E-state index contributed by atoms with van der Waals surface area (Å²) in [4.78, 5) is 24.1. The zero-order chi connectivity index (χ0) is 32.3. The molecule has 0 aliphatic rings. The highest BCUT2D eigenvalue weighted by Crippen LogP contribution is 2.34. The molecule has 0 spiro atoms. The van der Waals surface area contributed by atoms with Crippen molar-refractivity contribution in [2.75, 3.05) is 18.6 Å². The molecular weight excluding hydrogens is 558 g/mol. The van der Waals surface area contributed by atoms with Crippen molar-refractivity contribution in [2.24, 2.45) is 0 Å². The number of methoxy groups -OCH3 is 1. The second-order valence-corrected chi connectivity index (χ2v) is 11.7. The molecule has 236 valence electrons. The molecule has 0 heterocycles. The van der Waals surface area contributed by atoms with E-state index in [2.05, 4.69) is 59.5 Å². The van der Waals surface area contributed by atoms with Crippen molar-refractivity contribution in [3.8, 4) is 5.75 Å². The molecule has 0 aromatic heterocycles. The molecule has 0 aliphatic heterocycles. The van der Waals surface area contributed by atoms with Crippen molar-refractivity contribution in [1.29, 1.82) is 0 Å². The van der Waals surface area contributed by atoms with E-state index in [4.69, 9.17) is 9.47 Å². The Morgan fingerprint density at radius 2 is 1.16 bits per heavy atom. The monoisotopic (exact) mass is 605 g/mol. The minimum absolute atomic E-state index is 0.0417. The SMILES string of the molecule is COC(C)(C)C.O=CCCCCCCCOc1cc(/C=C/c2ccc(N(c3ccccc3)c3ccccc3)cc2)ccc1C=O. The molecule has 0 fully saturated rings. The molecule has 0 aliphatic carbocycles. The van der Waals surface area contributed by atoms with Crippen LogP contribution in [0.5, 0.6) is 5.75 Å². The van der Waals surface area contributed by atoms with Gasteiger partial charge in [0.1, 0.15) is 12.0 Å². The molecule has 4 aromatic rings. The molecule has 0 saturated heterocycles. The van der Waals surface area contributed by atoms with Crippen LogP contribution in [0, 0.1) is 0 Å². The van der Waals surface area contributed by atoms with Gasteiger partial charge < -0.3 is 19.2 Å². The summed E-state index contributed by atoms with van der Waals surface area (Å²) in [5.74, 6) is 0.616. The van der Waals surface area contributed by atoms with Crippen LogP contribution >= 0.6 is 0 Å². The molecule has 0 radical (unpaired) electrons. The highest BCUT2D eigenvalue weighted by molar-refractivity contribution is 5.82. The Hall–Kier alpha value is -4.48. The van der Waals surface area contributed by atoms with Gasteiger partial charge in [-0.2, -0.15) is 0 Å². The first-order chi connectivity index (χ1) is 21.8. The Bertz CT molecular complexity index is 1400. The fourth-order valence-corrected chi connectivity index (χ4v) is 4.45. The quantitative estimate of drug-likeness (QED) is 0.0766. The maximum atomic E-state index is 11.5. The number of benzene rings is 4. The van der Waals surface area contributed by atoms with Gasteiger partial charge in [-0.25, -0.2) is 0 Å². The van der Waals surface area contributed by atoms with Crippen LogP contribution in [0.3, 0.4) is 0 Å². The number of aldehydes is 2. The molecule has 45 heavy (non-hydrogen) atoms. The average molecular weight is 606 g/mol. The van der Waals surface area contributed by atoms with Crippen LogP contribution in [0.4, 0.5) is 17.1 Å². The van der Waals surface area contributed by atoms with E-state index >= 15 is 0 Å². The number of hydrogen-bond acceptors (Lipinski definition) is 5. The maximum Gasteiger partial charge on any atom is 0.153 e. The maximum absolute atomic E-state index is 11.5. The van der Waals surface area contributed by atoms with Crippen LogP contribution in [-0.4, -0.2) is 31.9 Å². The zero-order valence-electron chi connectivity index (χ0n) is 27.2. The lowest BCUT2D eigenvalue weighted by molar-refractivity contribution is -0.107. The van der Waals surface area contributed by atoms with E-state index in [1.807, 2.05) is 81.4 Å². The van der Waals surface area contributed by atoms with Gasteiger partial charge in [-0.1, -0.05) is 86.0 Å². The second-order valence-electron chi connectivity index (χ2n) is 11.7. The largest absolute Gasteiger partial charge is 0.493 e. The molecule has 5 heteroatoms. The van der Waals surface area contributed by atoms with Crippen molar-refractivity contribution in [1.82, 2.24) is 0 Å². The second kappa shape index (κ2) is 19.0. The fourth-order valence-electron chi connectivity index (χ4n) is 4.45. The van der Waals surface area contributed by atoms with Gasteiger partial charge in [-0.3, -0.25) is 4.79 Å². The third-order valence-corrected chi connectivity index (χ3v) is 7.15. The molecule has 0 N–H and O–H groups in total. The number of para-hydroxylation sites is 2. The molecule has 0 atom stereocenters. The number of unbranched alkanes of at least 4 members (excludes halogenated alkanes) is 5. The lowest BCUT2D eigenvalue weighted by Gasteiger charge is -2.25. The van der Waals surface area contributed by atoms with Gasteiger partial charge in [0.25, 0.3) is 0 Å². The highest BCUT2D eigenvalue weighted by atomic mass is 16.5. The van der Waals surface area contributed by atoms with Crippen molar-refractivity contribution >= 4 is 41.8 Å². The average Bonchev–Trinajstić information content (AvgIpc) is 3.07. The van der Waals surface area contributed by atoms with Gasteiger partial charge in [-0.15, -0.1) is 0 Å². The van der Waals surface area contributed by atoms with Crippen LogP contribution < -0.4 is 9.64 Å². The van der Waals surface area contributed by atoms with Gasteiger partial charge >= 0.3 is 0 Å². The third-order valence-electron chi connectivity index (χ3n) is 7.15. The Morgan fingerprint density at radius 3 is 1.71 bits per heavy atom. The zero-order valence-corrected chi connectivity index (χ0v) is 27.2. The van der Waals surface area contributed by atoms with Crippen molar-refractivity contribution in [3.05, 3.63) is 120 Å². The molecular formula is C40H47NO4. The lowest BCUT2D eigenvalue weighted by atomic mass is 10.1. The predicted molar refractivity (Wildman–Crippen MR) is 188 cm³/mol. The normalized spacial score (nSPS) is 11.0. The number of anilines is 3. The number of ether oxygens (including phenoxy) is 2. The topological polar surface area (TPSA) is 55.8 Å². The van der Waals surface area contributed by atoms with Crippen molar-refractivity contribution in [2.45, 2.75) is 64.9 Å². The number of nitrogens with zero attached hydrogens (tertiary/aromatic N) is 1. The van der Waals surface area contributed by atoms with E-state index in [1.165, 1.54) is 0 Å². The summed E-state index contributed by atoms with van der Waals surface area (Å²) in [6, 6.07) is 34.8. The molecule has 5 nitrogen and oxygen atoms in total. The van der Waals surface area contributed by atoms with Gasteiger partial charge in [-0.05, 0) is 93.3 Å². The highest BCUT2D eigenvalue weighted by Gasteiger charge is 2.11. The van der Waals surface area contributed by atoms with Gasteiger partial charge in [0.05, 0.1) is 17.8 Å². The van der Waals surface area contributed by atoms with Gasteiger partial charge in [0.2, 0.25) is 0 Å². The smallest absolute Gasteiger partial charge is 0.153 e. The van der Waals surface area contributed by atoms with Gasteiger partial charge in [0.15, 0.2) is 6.29 Å². The third kappa shape index (κ3) is 12.6. The molecule has 0 unspecified atom stereocenters. The summed E-state index contributed by atoms with van der Waals surface area (Å²) in [6.07, 6.45) is 11.7. The Morgan fingerprint density at radius 1 is 0.644 bits per heavy atom. The number of carbonyl (C=O) groups is 2. The minimum Gasteiger partial charge on any atom is -0.493 e. The molecule has 4 aromatic carbocycles. The summed E-state index contributed by atoms with van der Waals surface area (Å²) in [6.45, 7) is 6.63. The van der Waals surface area contributed by atoms with E-state index < -0.39 is 0 Å². The van der Waals surface area contributed by atoms with E-state index in [-0.39, 0.29) is 5.60 Å². The van der Waals surface area contributed by atoms with Crippen LogP contribution in [-0.2, 0) is 9.53 Å². The summed E-state index contributed by atoms with van der Waals surface area (Å²) in [5.41, 5.74) is 5.95. The first-order valence-electron chi connectivity index (χ1n) is 15.7. The Kier molecular flexibility index (Phi) is 14.8. The van der Waals surface area contributed by atoms with Crippen molar-refractivity contribution in [3.63, 3.8) is 0 Å².